The Morgan fingerprint density at radius 1 is 0.564 bits per heavy atom. The van der Waals surface area contributed by atoms with E-state index in [9.17, 15) is 10.2 Å². The lowest BCUT2D eigenvalue weighted by atomic mass is 9.77. The highest BCUT2D eigenvalue weighted by molar-refractivity contribution is 5.84. The molecule has 0 amide bonds. The van der Waals surface area contributed by atoms with Crippen molar-refractivity contribution in [2.75, 3.05) is 13.2 Å². The Morgan fingerprint density at radius 2 is 1.18 bits per heavy atom. The third-order valence-corrected chi connectivity index (χ3v) is 7.02. The van der Waals surface area contributed by atoms with Crippen LogP contribution in [-0.4, -0.2) is 23.4 Å². The van der Waals surface area contributed by atoms with Gasteiger partial charge < -0.3 is 19.7 Å². The van der Waals surface area contributed by atoms with E-state index in [0.29, 0.717) is 0 Å². The zero-order chi connectivity index (χ0) is 26.7. The Labute approximate surface area is 227 Å². The predicted molar refractivity (Wildman–Crippen MR) is 152 cm³/mol. The molecule has 0 unspecified atom stereocenters. The van der Waals surface area contributed by atoms with Gasteiger partial charge in [0, 0.05) is 11.1 Å². The van der Waals surface area contributed by atoms with Crippen molar-refractivity contribution in [3.05, 3.63) is 144 Å². The second kappa shape index (κ2) is 10.3. The summed E-state index contributed by atoms with van der Waals surface area (Å²) in [5.41, 5.74) is 4.89. The number of rotatable bonds is 6. The second-order valence-electron chi connectivity index (χ2n) is 9.54. The summed E-state index contributed by atoms with van der Waals surface area (Å²) >= 11 is 0. The van der Waals surface area contributed by atoms with E-state index in [1.807, 2.05) is 84.9 Å². The standard InChI is InChI=1S/C35H26O4/c36-27-18-15-25(16-19-27)14-17-26-8-7-13-32-31-21-20-28(37)22-33(31)35(34(26)32,23-38-29-9-3-1-4-10-29)24-39-30-11-5-2-6-12-30/h1-13,15-16,18-22,36-37H,23-24H2. The van der Waals surface area contributed by atoms with Crippen LogP contribution in [0.5, 0.6) is 23.0 Å². The number of phenolic OH excluding ortho intramolecular Hbond substituents is 2. The van der Waals surface area contributed by atoms with Gasteiger partial charge in [0.15, 0.2) is 0 Å². The molecule has 0 saturated heterocycles. The summed E-state index contributed by atoms with van der Waals surface area (Å²) in [7, 11) is 0. The summed E-state index contributed by atoms with van der Waals surface area (Å²) in [6.45, 7) is 0.566. The third-order valence-electron chi connectivity index (χ3n) is 7.02. The number of ether oxygens (including phenoxy) is 2. The number of aromatic hydroxyl groups is 2. The van der Waals surface area contributed by atoms with Gasteiger partial charge in [0.2, 0.25) is 0 Å². The SMILES string of the molecule is Oc1ccc(C#Cc2cccc3c2C(COc2ccccc2)(COc2ccccc2)c2cc(O)ccc2-3)cc1. The summed E-state index contributed by atoms with van der Waals surface area (Å²) in [6.07, 6.45) is 0. The Kier molecular flexibility index (Phi) is 6.40. The fraction of sp³-hybridized carbons (Fsp3) is 0.0857. The molecule has 0 fully saturated rings. The van der Waals surface area contributed by atoms with Crippen molar-refractivity contribution < 1.29 is 19.7 Å². The molecule has 1 aliphatic carbocycles. The maximum atomic E-state index is 10.6. The molecule has 4 heteroatoms. The van der Waals surface area contributed by atoms with Crippen molar-refractivity contribution >= 4 is 0 Å². The van der Waals surface area contributed by atoms with E-state index in [1.165, 1.54) is 0 Å². The number of hydrogen-bond donors (Lipinski definition) is 2. The molecule has 0 aliphatic heterocycles. The van der Waals surface area contributed by atoms with E-state index in [-0.39, 0.29) is 24.7 Å². The number of hydrogen-bond acceptors (Lipinski definition) is 4. The minimum absolute atomic E-state index is 0.182. The molecule has 0 saturated carbocycles. The Bertz CT molecular complexity index is 1620. The third kappa shape index (κ3) is 4.79. The zero-order valence-electron chi connectivity index (χ0n) is 21.2. The van der Waals surface area contributed by atoms with Crippen LogP contribution < -0.4 is 9.47 Å². The highest BCUT2D eigenvalue weighted by Gasteiger charge is 2.47. The molecular formula is C35H26O4. The summed E-state index contributed by atoms with van der Waals surface area (Å²) in [4.78, 5) is 0. The van der Waals surface area contributed by atoms with Gasteiger partial charge in [-0.15, -0.1) is 0 Å². The van der Waals surface area contributed by atoms with E-state index in [2.05, 4.69) is 17.9 Å². The lowest BCUT2D eigenvalue weighted by Crippen LogP contribution is -2.39. The average Bonchev–Trinajstić information content (AvgIpc) is 3.25. The van der Waals surface area contributed by atoms with Gasteiger partial charge in [0.25, 0.3) is 0 Å². The normalized spacial score (nSPS) is 12.5. The van der Waals surface area contributed by atoms with Crippen LogP contribution in [0.15, 0.2) is 121 Å². The van der Waals surface area contributed by atoms with Crippen molar-refractivity contribution in [1.29, 1.82) is 0 Å². The zero-order valence-corrected chi connectivity index (χ0v) is 21.2. The predicted octanol–water partition coefficient (Wildman–Crippen LogP) is 6.92. The topological polar surface area (TPSA) is 58.9 Å². The largest absolute Gasteiger partial charge is 0.508 e. The number of phenols is 2. The van der Waals surface area contributed by atoms with E-state index < -0.39 is 5.41 Å². The van der Waals surface area contributed by atoms with Gasteiger partial charge in [-0.25, -0.2) is 0 Å². The summed E-state index contributed by atoms with van der Waals surface area (Å²) in [5, 5.41) is 20.3. The molecule has 0 radical (unpaired) electrons. The van der Waals surface area contributed by atoms with Gasteiger partial charge in [-0.05, 0) is 89.0 Å². The molecule has 39 heavy (non-hydrogen) atoms. The highest BCUT2D eigenvalue weighted by Crippen LogP contribution is 2.51. The first kappa shape index (κ1) is 24.2. The molecule has 1 aliphatic rings. The lowest BCUT2D eigenvalue weighted by Gasteiger charge is -2.32. The van der Waals surface area contributed by atoms with Crippen LogP contribution in [0.1, 0.15) is 22.3 Å². The maximum Gasteiger partial charge on any atom is 0.119 e. The second-order valence-corrected chi connectivity index (χ2v) is 9.54. The van der Waals surface area contributed by atoms with Crippen LogP contribution in [0.3, 0.4) is 0 Å². The smallest absolute Gasteiger partial charge is 0.119 e. The van der Waals surface area contributed by atoms with Crippen LogP contribution in [0, 0.1) is 11.8 Å². The molecule has 0 spiro atoms. The van der Waals surface area contributed by atoms with E-state index in [0.717, 1.165) is 44.9 Å². The van der Waals surface area contributed by atoms with Crippen molar-refractivity contribution in [3.63, 3.8) is 0 Å². The van der Waals surface area contributed by atoms with Gasteiger partial charge >= 0.3 is 0 Å². The molecule has 0 bridgehead atoms. The van der Waals surface area contributed by atoms with Crippen LogP contribution in [0.2, 0.25) is 0 Å². The van der Waals surface area contributed by atoms with Crippen molar-refractivity contribution in [1.82, 2.24) is 0 Å². The van der Waals surface area contributed by atoms with Crippen LogP contribution in [-0.2, 0) is 5.41 Å². The molecule has 4 nitrogen and oxygen atoms in total. The fourth-order valence-electron chi connectivity index (χ4n) is 5.17. The monoisotopic (exact) mass is 510 g/mol. The molecule has 0 aromatic heterocycles. The maximum absolute atomic E-state index is 10.6. The van der Waals surface area contributed by atoms with Crippen molar-refractivity contribution in [2.45, 2.75) is 5.41 Å². The Hall–Kier alpha value is -5.14. The molecule has 6 rings (SSSR count). The molecule has 5 aromatic carbocycles. The van der Waals surface area contributed by atoms with Crippen molar-refractivity contribution in [3.8, 4) is 46.0 Å². The molecular weight excluding hydrogens is 484 g/mol. The first-order valence-electron chi connectivity index (χ1n) is 12.8. The number of benzene rings is 5. The molecule has 0 atom stereocenters. The first-order chi connectivity index (χ1) is 19.1. The van der Waals surface area contributed by atoms with Crippen LogP contribution in [0.4, 0.5) is 0 Å². The lowest BCUT2D eigenvalue weighted by molar-refractivity contribution is 0.172. The van der Waals surface area contributed by atoms with Crippen molar-refractivity contribution in [2.24, 2.45) is 0 Å². The minimum atomic E-state index is -0.755. The Balaban J connectivity index is 1.52. The highest BCUT2D eigenvalue weighted by atomic mass is 16.5. The van der Waals surface area contributed by atoms with E-state index in [4.69, 9.17) is 9.47 Å². The molecule has 5 aromatic rings. The first-order valence-corrected chi connectivity index (χ1v) is 12.8. The summed E-state index contributed by atoms with van der Waals surface area (Å²) in [6, 6.07) is 37.8. The minimum Gasteiger partial charge on any atom is -0.508 e. The summed E-state index contributed by atoms with van der Waals surface area (Å²) in [5.74, 6) is 8.51. The molecule has 0 heterocycles. The number of para-hydroxylation sites is 2. The molecule has 2 N–H and O–H groups in total. The number of fused-ring (bicyclic) bond motifs is 3. The quantitative estimate of drug-likeness (QED) is 0.244. The van der Waals surface area contributed by atoms with Gasteiger partial charge in [-0.1, -0.05) is 66.4 Å². The average molecular weight is 511 g/mol. The molecule has 190 valence electrons. The van der Waals surface area contributed by atoms with E-state index >= 15 is 0 Å². The van der Waals surface area contributed by atoms with Gasteiger partial charge in [-0.2, -0.15) is 0 Å². The Morgan fingerprint density at radius 3 is 1.82 bits per heavy atom. The summed E-state index contributed by atoms with van der Waals surface area (Å²) < 4.78 is 12.9. The van der Waals surface area contributed by atoms with Gasteiger partial charge in [-0.3, -0.25) is 0 Å². The van der Waals surface area contributed by atoms with Crippen LogP contribution >= 0.6 is 0 Å². The fourth-order valence-corrected chi connectivity index (χ4v) is 5.17. The van der Waals surface area contributed by atoms with Gasteiger partial charge in [0.05, 0.1) is 5.41 Å². The van der Waals surface area contributed by atoms with E-state index in [1.54, 1.807) is 30.3 Å². The van der Waals surface area contributed by atoms with Crippen LogP contribution in [0.25, 0.3) is 11.1 Å². The van der Waals surface area contributed by atoms with Gasteiger partial charge in [0.1, 0.15) is 36.2 Å².